The Hall–Kier alpha value is -0.0500. The first-order chi connectivity index (χ1) is 6.42. The normalized spacial score (nSPS) is 20.7. The van der Waals surface area contributed by atoms with Crippen LogP contribution in [-0.2, 0) is 0 Å². The second kappa shape index (κ2) is 4.45. The first-order valence-corrected chi connectivity index (χ1v) is 6.16. The molecule has 0 aliphatic carbocycles. The number of rotatable bonds is 3. The van der Waals surface area contributed by atoms with Gasteiger partial charge >= 0.3 is 0 Å². The fraction of sp³-hybridized carbons (Fsp3) is 0.600. The van der Waals surface area contributed by atoms with Crippen LogP contribution in [0.25, 0.3) is 0 Å². The molecule has 3 heteroatoms. The van der Waals surface area contributed by atoms with Gasteiger partial charge in [-0.3, -0.25) is 4.90 Å². The van der Waals surface area contributed by atoms with Crippen LogP contribution < -0.4 is 0 Å². The number of hydrogen-bond acceptors (Lipinski definition) is 2. The van der Waals surface area contributed by atoms with E-state index in [0.29, 0.717) is 6.04 Å². The smallest absolute Gasteiger partial charge is 0.0577 e. The highest BCUT2D eigenvalue weighted by molar-refractivity contribution is 7.10. The molecule has 0 amide bonds. The Labute approximate surface area is 88.3 Å². The van der Waals surface area contributed by atoms with Crippen molar-refractivity contribution in [3.05, 3.63) is 22.4 Å². The van der Waals surface area contributed by atoms with Crippen LogP contribution in [0.4, 0.5) is 0 Å². The molecule has 2 rings (SSSR count). The zero-order valence-corrected chi connectivity index (χ0v) is 9.15. The molecule has 2 heterocycles. The lowest BCUT2D eigenvalue weighted by Crippen LogP contribution is -2.26. The molecule has 1 unspecified atom stereocenters. The third kappa shape index (κ3) is 2.06. The summed E-state index contributed by atoms with van der Waals surface area (Å²) in [6, 6.07) is 4.76. The van der Waals surface area contributed by atoms with E-state index in [-0.39, 0.29) is 0 Å². The molecule has 0 aromatic carbocycles. The first kappa shape index (κ1) is 9.50. The van der Waals surface area contributed by atoms with Crippen LogP contribution in [0.5, 0.6) is 0 Å². The standard InChI is InChI=1S/C10H14ClNS/c11-8-9(10-4-3-7-13-10)12-5-1-2-6-12/h3-4,7,9H,1-2,5-6,8H2. The summed E-state index contributed by atoms with van der Waals surface area (Å²) in [4.78, 5) is 3.91. The summed E-state index contributed by atoms with van der Waals surface area (Å²) >= 11 is 7.82. The average molecular weight is 216 g/mol. The van der Waals surface area contributed by atoms with Gasteiger partial charge in [0.1, 0.15) is 0 Å². The van der Waals surface area contributed by atoms with Crippen molar-refractivity contribution in [2.45, 2.75) is 18.9 Å². The van der Waals surface area contributed by atoms with Gasteiger partial charge < -0.3 is 0 Å². The van der Waals surface area contributed by atoms with E-state index < -0.39 is 0 Å². The van der Waals surface area contributed by atoms with Gasteiger partial charge in [0.2, 0.25) is 0 Å². The number of halogens is 1. The van der Waals surface area contributed by atoms with E-state index in [1.54, 1.807) is 0 Å². The van der Waals surface area contributed by atoms with E-state index in [1.165, 1.54) is 30.8 Å². The molecule has 0 N–H and O–H groups in total. The number of alkyl halides is 1. The molecular formula is C10H14ClNS. The lowest BCUT2D eigenvalue weighted by molar-refractivity contribution is 0.269. The van der Waals surface area contributed by atoms with Crippen LogP contribution in [0.15, 0.2) is 17.5 Å². The maximum atomic E-state index is 6.00. The molecule has 1 aliphatic heterocycles. The van der Waals surface area contributed by atoms with Crippen molar-refractivity contribution in [2.24, 2.45) is 0 Å². The van der Waals surface area contributed by atoms with Gasteiger partial charge in [0.05, 0.1) is 6.04 Å². The molecule has 0 radical (unpaired) electrons. The highest BCUT2D eigenvalue weighted by Gasteiger charge is 2.22. The van der Waals surface area contributed by atoms with Gasteiger partial charge in [-0.05, 0) is 37.4 Å². The van der Waals surface area contributed by atoms with Crippen LogP contribution in [-0.4, -0.2) is 23.9 Å². The van der Waals surface area contributed by atoms with Crippen LogP contribution in [0, 0.1) is 0 Å². The molecule has 72 valence electrons. The molecule has 1 aliphatic rings. The number of hydrogen-bond donors (Lipinski definition) is 0. The van der Waals surface area contributed by atoms with Gasteiger partial charge in [-0.1, -0.05) is 6.07 Å². The minimum Gasteiger partial charge on any atom is -0.294 e. The van der Waals surface area contributed by atoms with Crippen molar-refractivity contribution in [2.75, 3.05) is 19.0 Å². The predicted molar refractivity (Wildman–Crippen MR) is 58.6 cm³/mol. The molecule has 13 heavy (non-hydrogen) atoms. The molecule has 1 aromatic rings. The molecule has 1 fully saturated rings. The van der Waals surface area contributed by atoms with E-state index in [2.05, 4.69) is 22.4 Å². The van der Waals surface area contributed by atoms with Gasteiger partial charge in [0.25, 0.3) is 0 Å². The van der Waals surface area contributed by atoms with Crippen LogP contribution in [0.2, 0.25) is 0 Å². The number of thiophene rings is 1. The summed E-state index contributed by atoms with van der Waals surface area (Å²) in [5.74, 6) is 0.723. The van der Waals surface area contributed by atoms with Crippen LogP contribution >= 0.6 is 22.9 Å². The second-order valence-electron chi connectivity index (χ2n) is 3.43. The third-order valence-electron chi connectivity index (χ3n) is 2.60. The maximum absolute atomic E-state index is 6.00. The Morgan fingerprint density at radius 3 is 2.77 bits per heavy atom. The topological polar surface area (TPSA) is 3.24 Å². The summed E-state index contributed by atoms with van der Waals surface area (Å²) in [6.07, 6.45) is 2.66. The SMILES string of the molecule is ClCC(c1cccs1)N1CCCC1. The highest BCUT2D eigenvalue weighted by Crippen LogP contribution is 2.28. The molecule has 1 saturated heterocycles. The van der Waals surface area contributed by atoms with Crippen molar-refractivity contribution in [1.82, 2.24) is 4.90 Å². The van der Waals surface area contributed by atoms with Gasteiger partial charge in [0.15, 0.2) is 0 Å². The van der Waals surface area contributed by atoms with Gasteiger partial charge in [-0.25, -0.2) is 0 Å². The van der Waals surface area contributed by atoms with Crippen molar-refractivity contribution >= 4 is 22.9 Å². The van der Waals surface area contributed by atoms with Crippen LogP contribution in [0.3, 0.4) is 0 Å². The molecule has 1 aromatic heterocycles. The fourth-order valence-electron chi connectivity index (χ4n) is 1.89. The van der Waals surface area contributed by atoms with E-state index in [9.17, 15) is 0 Å². The zero-order valence-electron chi connectivity index (χ0n) is 7.58. The molecule has 0 bridgehead atoms. The quantitative estimate of drug-likeness (QED) is 0.701. The third-order valence-corrected chi connectivity index (χ3v) is 3.87. The molecule has 1 nitrogen and oxygen atoms in total. The minimum atomic E-state index is 0.462. The molecule has 0 spiro atoms. The Morgan fingerprint density at radius 2 is 2.23 bits per heavy atom. The molecule has 1 atom stereocenters. The van der Waals surface area contributed by atoms with Crippen molar-refractivity contribution < 1.29 is 0 Å². The Morgan fingerprint density at radius 1 is 1.46 bits per heavy atom. The number of nitrogens with zero attached hydrogens (tertiary/aromatic N) is 1. The van der Waals surface area contributed by atoms with Gasteiger partial charge in [-0.15, -0.1) is 22.9 Å². The Balaban J connectivity index is 2.08. The maximum Gasteiger partial charge on any atom is 0.0577 e. The van der Waals surface area contributed by atoms with E-state index in [1.807, 2.05) is 11.3 Å². The lowest BCUT2D eigenvalue weighted by Gasteiger charge is -2.24. The fourth-order valence-corrected chi connectivity index (χ4v) is 3.20. The first-order valence-electron chi connectivity index (χ1n) is 4.75. The summed E-state index contributed by atoms with van der Waals surface area (Å²) in [7, 11) is 0. The Bertz CT molecular complexity index is 241. The van der Waals surface area contributed by atoms with Crippen molar-refractivity contribution in [3.63, 3.8) is 0 Å². The summed E-state index contributed by atoms with van der Waals surface area (Å²) in [5.41, 5.74) is 0. The van der Waals surface area contributed by atoms with Gasteiger partial charge in [-0.2, -0.15) is 0 Å². The summed E-state index contributed by atoms with van der Waals surface area (Å²) < 4.78 is 0. The van der Waals surface area contributed by atoms with Gasteiger partial charge in [0, 0.05) is 10.8 Å². The molecular weight excluding hydrogens is 202 g/mol. The van der Waals surface area contributed by atoms with Crippen molar-refractivity contribution in [3.8, 4) is 0 Å². The predicted octanol–water partition coefficient (Wildman–Crippen LogP) is 3.12. The largest absolute Gasteiger partial charge is 0.294 e. The highest BCUT2D eigenvalue weighted by atomic mass is 35.5. The Kier molecular flexibility index (Phi) is 3.25. The van der Waals surface area contributed by atoms with E-state index in [4.69, 9.17) is 11.6 Å². The minimum absolute atomic E-state index is 0.462. The lowest BCUT2D eigenvalue weighted by atomic mass is 10.2. The van der Waals surface area contributed by atoms with E-state index in [0.717, 1.165) is 5.88 Å². The number of likely N-dealkylation sites (tertiary alicyclic amines) is 1. The second-order valence-corrected chi connectivity index (χ2v) is 4.72. The monoisotopic (exact) mass is 215 g/mol. The molecule has 0 saturated carbocycles. The van der Waals surface area contributed by atoms with Crippen molar-refractivity contribution in [1.29, 1.82) is 0 Å². The summed E-state index contributed by atoms with van der Waals surface area (Å²) in [5, 5.41) is 2.13. The zero-order chi connectivity index (χ0) is 9.10. The summed E-state index contributed by atoms with van der Waals surface area (Å²) in [6.45, 7) is 2.44. The average Bonchev–Trinajstić information content (AvgIpc) is 2.76. The van der Waals surface area contributed by atoms with Crippen LogP contribution in [0.1, 0.15) is 23.8 Å². The van der Waals surface area contributed by atoms with E-state index >= 15 is 0 Å².